The molecule has 0 saturated carbocycles. The summed E-state index contributed by atoms with van der Waals surface area (Å²) in [5.74, 6) is 1.70. The van der Waals surface area contributed by atoms with Crippen LogP contribution >= 0.6 is 0 Å². The SMILES string of the molecule is CN(C)c1ncccc1CNC(=O)CCC1CCNC1. The predicted molar refractivity (Wildman–Crippen MR) is 80.6 cm³/mol. The van der Waals surface area contributed by atoms with Crippen molar-refractivity contribution in [3.63, 3.8) is 0 Å². The molecule has 1 aromatic rings. The molecule has 1 amide bonds. The number of nitrogens with zero attached hydrogens (tertiary/aromatic N) is 2. The van der Waals surface area contributed by atoms with Crippen LogP contribution in [-0.4, -0.2) is 38.1 Å². The molecule has 0 aromatic carbocycles. The number of nitrogens with one attached hydrogen (secondary N) is 2. The Bertz CT molecular complexity index is 441. The molecule has 1 atom stereocenters. The van der Waals surface area contributed by atoms with Crippen LogP contribution in [0.3, 0.4) is 0 Å². The summed E-state index contributed by atoms with van der Waals surface area (Å²) in [6, 6.07) is 3.90. The fraction of sp³-hybridized carbons (Fsp3) is 0.600. The third-order valence-corrected chi connectivity index (χ3v) is 3.71. The number of carbonyl (C=O) groups excluding carboxylic acids is 1. The van der Waals surface area contributed by atoms with Gasteiger partial charge in [0.1, 0.15) is 5.82 Å². The van der Waals surface area contributed by atoms with Crippen molar-refractivity contribution in [2.24, 2.45) is 5.92 Å². The first-order valence-corrected chi connectivity index (χ1v) is 7.25. The van der Waals surface area contributed by atoms with Crippen molar-refractivity contribution in [2.75, 3.05) is 32.1 Å². The topological polar surface area (TPSA) is 57.3 Å². The highest BCUT2D eigenvalue weighted by molar-refractivity contribution is 5.76. The average molecular weight is 276 g/mol. The van der Waals surface area contributed by atoms with E-state index in [0.29, 0.717) is 18.9 Å². The molecule has 1 unspecified atom stereocenters. The normalized spacial score (nSPS) is 18.0. The van der Waals surface area contributed by atoms with E-state index in [1.165, 1.54) is 6.42 Å². The lowest BCUT2D eigenvalue weighted by Gasteiger charge is -2.16. The lowest BCUT2D eigenvalue weighted by molar-refractivity contribution is -0.121. The molecule has 1 fully saturated rings. The van der Waals surface area contributed by atoms with Crippen molar-refractivity contribution in [3.05, 3.63) is 23.9 Å². The Morgan fingerprint density at radius 1 is 1.55 bits per heavy atom. The number of pyridine rings is 1. The zero-order chi connectivity index (χ0) is 14.4. The maximum absolute atomic E-state index is 11.9. The lowest BCUT2D eigenvalue weighted by Crippen LogP contribution is -2.25. The number of hydrogen-bond acceptors (Lipinski definition) is 4. The summed E-state index contributed by atoms with van der Waals surface area (Å²) >= 11 is 0. The van der Waals surface area contributed by atoms with Gasteiger partial charge in [0.05, 0.1) is 0 Å². The highest BCUT2D eigenvalue weighted by Crippen LogP contribution is 2.15. The van der Waals surface area contributed by atoms with Crippen LogP contribution in [0, 0.1) is 5.92 Å². The van der Waals surface area contributed by atoms with E-state index >= 15 is 0 Å². The molecule has 0 bridgehead atoms. The molecule has 0 radical (unpaired) electrons. The molecule has 110 valence electrons. The second kappa shape index (κ2) is 7.24. The van der Waals surface area contributed by atoms with Gasteiger partial charge in [0.15, 0.2) is 0 Å². The minimum atomic E-state index is 0.130. The third-order valence-electron chi connectivity index (χ3n) is 3.71. The molecule has 2 N–H and O–H groups in total. The standard InChI is InChI=1S/C15H24N4O/c1-19(2)15-13(4-3-8-17-15)11-18-14(20)6-5-12-7-9-16-10-12/h3-4,8,12,16H,5-7,9-11H2,1-2H3,(H,18,20). The highest BCUT2D eigenvalue weighted by Gasteiger charge is 2.15. The van der Waals surface area contributed by atoms with Crippen LogP contribution in [0.2, 0.25) is 0 Å². The van der Waals surface area contributed by atoms with Crippen molar-refractivity contribution >= 4 is 11.7 Å². The Morgan fingerprint density at radius 2 is 2.40 bits per heavy atom. The molecule has 0 spiro atoms. The predicted octanol–water partition coefficient (Wildman–Crippen LogP) is 1.15. The quantitative estimate of drug-likeness (QED) is 0.818. The van der Waals surface area contributed by atoms with Crippen LogP contribution in [-0.2, 0) is 11.3 Å². The molecule has 2 heterocycles. The summed E-state index contributed by atoms with van der Waals surface area (Å²) in [6.07, 6.45) is 4.56. The van der Waals surface area contributed by atoms with Gasteiger partial charge in [-0.1, -0.05) is 6.07 Å². The first kappa shape index (κ1) is 14.8. The molecule has 0 aliphatic carbocycles. The zero-order valence-electron chi connectivity index (χ0n) is 12.4. The Labute approximate surface area is 120 Å². The van der Waals surface area contributed by atoms with E-state index in [1.54, 1.807) is 6.20 Å². The fourth-order valence-corrected chi connectivity index (χ4v) is 2.55. The van der Waals surface area contributed by atoms with Crippen LogP contribution < -0.4 is 15.5 Å². The number of aromatic nitrogens is 1. The van der Waals surface area contributed by atoms with E-state index in [-0.39, 0.29) is 5.91 Å². The van der Waals surface area contributed by atoms with Gasteiger partial charge in [-0.3, -0.25) is 4.79 Å². The molecule has 1 aromatic heterocycles. The summed E-state index contributed by atoms with van der Waals surface area (Å²) in [6.45, 7) is 2.69. The first-order chi connectivity index (χ1) is 9.66. The molecule has 2 rings (SSSR count). The van der Waals surface area contributed by atoms with Crippen LogP contribution in [0.25, 0.3) is 0 Å². The molecule has 1 aliphatic rings. The lowest BCUT2D eigenvalue weighted by atomic mass is 10.0. The Hall–Kier alpha value is -1.62. The maximum Gasteiger partial charge on any atom is 0.220 e. The summed E-state index contributed by atoms with van der Waals surface area (Å²) in [7, 11) is 3.92. The largest absolute Gasteiger partial charge is 0.362 e. The molecular formula is C15H24N4O. The van der Waals surface area contributed by atoms with Gasteiger partial charge >= 0.3 is 0 Å². The fourth-order valence-electron chi connectivity index (χ4n) is 2.55. The van der Waals surface area contributed by atoms with E-state index in [1.807, 2.05) is 31.1 Å². The summed E-state index contributed by atoms with van der Waals surface area (Å²) < 4.78 is 0. The van der Waals surface area contributed by atoms with Crippen molar-refractivity contribution in [3.8, 4) is 0 Å². The van der Waals surface area contributed by atoms with Crippen LogP contribution in [0.4, 0.5) is 5.82 Å². The van der Waals surface area contributed by atoms with Gasteiger partial charge in [-0.2, -0.15) is 0 Å². The second-order valence-electron chi connectivity index (χ2n) is 5.55. The molecular weight excluding hydrogens is 252 g/mol. The van der Waals surface area contributed by atoms with Crippen LogP contribution in [0.15, 0.2) is 18.3 Å². The molecule has 5 heteroatoms. The number of hydrogen-bond donors (Lipinski definition) is 2. The minimum Gasteiger partial charge on any atom is -0.362 e. The van der Waals surface area contributed by atoms with Gasteiger partial charge in [-0.05, 0) is 37.9 Å². The Morgan fingerprint density at radius 3 is 3.10 bits per heavy atom. The van der Waals surface area contributed by atoms with Crippen molar-refractivity contribution in [2.45, 2.75) is 25.8 Å². The van der Waals surface area contributed by atoms with Gasteiger partial charge < -0.3 is 15.5 Å². The summed E-state index contributed by atoms with van der Waals surface area (Å²) in [5, 5.41) is 6.32. The summed E-state index contributed by atoms with van der Waals surface area (Å²) in [4.78, 5) is 18.2. The summed E-state index contributed by atoms with van der Waals surface area (Å²) in [5.41, 5.74) is 1.05. The molecule has 20 heavy (non-hydrogen) atoms. The first-order valence-electron chi connectivity index (χ1n) is 7.25. The maximum atomic E-state index is 11.9. The van der Waals surface area contributed by atoms with Gasteiger partial charge in [-0.15, -0.1) is 0 Å². The van der Waals surface area contributed by atoms with E-state index < -0.39 is 0 Å². The zero-order valence-corrected chi connectivity index (χ0v) is 12.4. The highest BCUT2D eigenvalue weighted by atomic mass is 16.1. The average Bonchev–Trinajstić information content (AvgIpc) is 2.96. The monoisotopic (exact) mass is 276 g/mol. The van der Waals surface area contributed by atoms with E-state index in [9.17, 15) is 4.79 Å². The van der Waals surface area contributed by atoms with Gasteiger partial charge in [-0.25, -0.2) is 4.98 Å². The van der Waals surface area contributed by atoms with E-state index in [0.717, 1.165) is 30.9 Å². The van der Waals surface area contributed by atoms with Crippen molar-refractivity contribution in [1.82, 2.24) is 15.6 Å². The van der Waals surface area contributed by atoms with Crippen LogP contribution in [0.1, 0.15) is 24.8 Å². The third kappa shape index (κ3) is 4.20. The van der Waals surface area contributed by atoms with Crippen molar-refractivity contribution < 1.29 is 4.79 Å². The minimum absolute atomic E-state index is 0.130. The number of anilines is 1. The Kier molecular flexibility index (Phi) is 5.35. The van der Waals surface area contributed by atoms with Crippen LogP contribution in [0.5, 0.6) is 0 Å². The molecule has 1 aliphatic heterocycles. The number of rotatable bonds is 6. The Balaban J connectivity index is 1.78. The smallest absolute Gasteiger partial charge is 0.220 e. The number of carbonyl (C=O) groups is 1. The van der Waals surface area contributed by atoms with Crippen molar-refractivity contribution in [1.29, 1.82) is 0 Å². The van der Waals surface area contributed by atoms with E-state index in [4.69, 9.17) is 0 Å². The second-order valence-corrected chi connectivity index (χ2v) is 5.55. The van der Waals surface area contributed by atoms with Gasteiger partial charge in [0.25, 0.3) is 0 Å². The van der Waals surface area contributed by atoms with Gasteiger partial charge in [0, 0.05) is 38.8 Å². The van der Waals surface area contributed by atoms with Gasteiger partial charge in [0.2, 0.25) is 5.91 Å². The van der Waals surface area contributed by atoms with E-state index in [2.05, 4.69) is 15.6 Å². The number of amides is 1. The molecule has 5 nitrogen and oxygen atoms in total. The molecule has 1 saturated heterocycles.